The van der Waals surface area contributed by atoms with Gasteiger partial charge in [0.15, 0.2) is 17.4 Å². The summed E-state index contributed by atoms with van der Waals surface area (Å²) in [5, 5.41) is 8.53. The maximum Gasteiger partial charge on any atom is 0.416 e. The maximum absolute atomic E-state index is 12.3. The molecule has 0 bridgehead atoms. The fourth-order valence-corrected chi connectivity index (χ4v) is 0.738. The van der Waals surface area contributed by atoms with Crippen LogP contribution in [0.1, 0.15) is 5.56 Å². The third-order valence-electron chi connectivity index (χ3n) is 1.34. The van der Waals surface area contributed by atoms with E-state index >= 15 is 0 Å². The molecule has 1 aromatic carbocycles. The van der Waals surface area contributed by atoms with Gasteiger partial charge in [0.05, 0.1) is 5.56 Å². The fourth-order valence-electron chi connectivity index (χ4n) is 0.738. The summed E-state index contributed by atoms with van der Waals surface area (Å²) in [6, 6.07) is 0.105. The Morgan fingerprint density at radius 2 is 1.62 bits per heavy atom. The lowest BCUT2D eigenvalue weighted by Gasteiger charge is -2.07. The Hall–Kier alpha value is -1.33. The van der Waals surface area contributed by atoms with Gasteiger partial charge in [-0.25, -0.2) is 4.39 Å². The normalized spacial score (nSPS) is 11.8. The van der Waals surface area contributed by atoms with E-state index in [9.17, 15) is 22.0 Å². The number of alkyl halides is 3. The molecule has 0 fully saturated rings. The monoisotopic (exact) mass is 198 g/mol. The van der Waals surface area contributed by atoms with E-state index in [1.807, 2.05) is 0 Å². The van der Waals surface area contributed by atoms with Gasteiger partial charge in [-0.3, -0.25) is 0 Å². The molecule has 13 heavy (non-hydrogen) atoms. The summed E-state index contributed by atoms with van der Waals surface area (Å²) in [7, 11) is 0. The Labute approximate surface area is 69.4 Å². The van der Waals surface area contributed by atoms with Crippen LogP contribution in [0, 0.1) is 11.6 Å². The van der Waals surface area contributed by atoms with Gasteiger partial charge in [-0.05, 0) is 12.1 Å². The van der Waals surface area contributed by atoms with Crippen molar-refractivity contribution in [3.05, 3.63) is 29.3 Å². The zero-order valence-corrected chi connectivity index (χ0v) is 5.99. The van der Waals surface area contributed by atoms with E-state index in [4.69, 9.17) is 5.11 Å². The van der Waals surface area contributed by atoms with Gasteiger partial charge >= 0.3 is 6.18 Å². The van der Waals surface area contributed by atoms with Gasteiger partial charge in [-0.2, -0.15) is 17.6 Å². The van der Waals surface area contributed by atoms with E-state index in [1.165, 1.54) is 0 Å². The van der Waals surface area contributed by atoms with Crippen molar-refractivity contribution in [2.75, 3.05) is 0 Å². The van der Waals surface area contributed by atoms with Gasteiger partial charge in [0.1, 0.15) is 0 Å². The van der Waals surface area contributed by atoms with Crippen LogP contribution >= 0.6 is 0 Å². The molecule has 1 aromatic rings. The first kappa shape index (κ1) is 9.76. The number of hydrogen-bond donors (Lipinski definition) is 1. The Kier molecular flexibility index (Phi) is 2.15. The Morgan fingerprint density at radius 3 is 2.00 bits per heavy atom. The summed E-state index contributed by atoms with van der Waals surface area (Å²) in [4.78, 5) is 0. The number of hydrogen-bond acceptors (Lipinski definition) is 1. The van der Waals surface area contributed by atoms with E-state index < -0.39 is 29.1 Å². The number of benzene rings is 1. The van der Waals surface area contributed by atoms with Gasteiger partial charge in [0, 0.05) is 0 Å². The van der Waals surface area contributed by atoms with Crippen LogP contribution in [0.3, 0.4) is 0 Å². The van der Waals surface area contributed by atoms with Crippen LogP contribution in [-0.2, 0) is 6.18 Å². The molecule has 0 aromatic heterocycles. The Morgan fingerprint density at radius 1 is 1.08 bits per heavy atom. The average molecular weight is 198 g/mol. The molecule has 72 valence electrons. The molecule has 0 saturated heterocycles. The minimum absolute atomic E-state index is 0.0188. The minimum atomic E-state index is -4.80. The molecule has 0 saturated carbocycles. The second kappa shape index (κ2) is 2.86. The molecule has 0 amide bonds. The molecular formula is C7H3F5O. The summed E-state index contributed by atoms with van der Waals surface area (Å²) in [5.74, 6) is -4.77. The molecule has 0 aliphatic rings. The molecule has 0 unspecified atom stereocenters. The summed E-state index contributed by atoms with van der Waals surface area (Å²) in [6.07, 6.45) is -4.80. The molecule has 0 aliphatic carbocycles. The molecule has 0 radical (unpaired) electrons. The quantitative estimate of drug-likeness (QED) is 0.635. The van der Waals surface area contributed by atoms with Crippen LogP contribution in [0.4, 0.5) is 22.0 Å². The van der Waals surface area contributed by atoms with Crippen molar-refractivity contribution in [1.82, 2.24) is 0 Å². The average Bonchev–Trinajstić information content (AvgIpc) is 1.97. The van der Waals surface area contributed by atoms with Crippen LogP contribution in [-0.4, -0.2) is 5.11 Å². The fraction of sp³-hybridized carbons (Fsp3) is 0.143. The van der Waals surface area contributed by atoms with E-state index in [0.717, 1.165) is 0 Å². The molecular weight excluding hydrogens is 195 g/mol. The molecule has 6 heteroatoms. The van der Waals surface area contributed by atoms with Gasteiger partial charge < -0.3 is 5.11 Å². The maximum atomic E-state index is 12.3. The summed E-state index contributed by atoms with van der Waals surface area (Å²) in [6.45, 7) is 0. The standard InChI is InChI=1S/C7H3F5O/c8-4-1-3(7(10,11)12)2-5(13)6(4)9/h1-2,13H. The number of aromatic hydroxyl groups is 1. The van der Waals surface area contributed by atoms with E-state index in [1.54, 1.807) is 0 Å². The highest BCUT2D eigenvalue weighted by atomic mass is 19.4. The van der Waals surface area contributed by atoms with E-state index in [2.05, 4.69) is 0 Å². The van der Waals surface area contributed by atoms with Crippen LogP contribution in [0.25, 0.3) is 0 Å². The lowest BCUT2D eigenvalue weighted by Crippen LogP contribution is -2.06. The smallest absolute Gasteiger partial charge is 0.416 e. The number of rotatable bonds is 0. The summed E-state index contributed by atoms with van der Waals surface area (Å²) < 4.78 is 60.3. The van der Waals surface area contributed by atoms with E-state index in [-0.39, 0.29) is 12.1 Å². The minimum Gasteiger partial charge on any atom is -0.505 e. The SMILES string of the molecule is Oc1cc(C(F)(F)F)cc(F)c1F. The number of phenolic OH excluding ortho intramolecular Hbond substituents is 1. The van der Waals surface area contributed by atoms with Crippen molar-refractivity contribution in [2.45, 2.75) is 6.18 Å². The molecule has 0 aliphatic heterocycles. The Balaban J connectivity index is 3.29. The first-order chi connectivity index (χ1) is 5.82. The highest BCUT2D eigenvalue weighted by Crippen LogP contribution is 2.33. The zero-order chi connectivity index (χ0) is 10.2. The van der Waals surface area contributed by atoms with Crippen LogP contribution in [0.2, 0.25) is 0 Å². The first-order valence-corrected chi connectivity index (χ1v) is 3.07. The first-order valence-electron chi connectivity index (χ1n) is 3.07. The third-order valence-corrected chi connectivity index (χ3v) is 1.34. The summed E-state index contributed by atoms with van der Waals surface area (Å²) in [5.41, 5.74) is -1.43. The van der Waals surface area contributed by atoms with Crippen molar-refractivity contribution < 1.29 is 27.1 Å². The van der Waals surface area contributed by atoms with Crippen LogP contribution < -0.4 is 0 Å². The zero-order valence-electron chi connectivity index (χ0n) is 5.99. The van der Waals surface area contributed by atoms with Crippen molar-refractivity contribution in [3.8, 4) is 5.75 Å². The van der Waals surface area contributed by atoms with Crippen molar-refractivity contribution in [3.63, 3.8) is 0 Å². The number of phenols is 1. The molecule has 0 atom stereocenters. The van der Waals surface area contributed by atoms with Crippen molar-refractivity contribution in [1.29, 1.82) is 0 Å². The lowest BCUT2D eigenvalue weighted by atomic mass is 10.2. The molecule has 1 N–H and O–H groups in total. The highest BCUT2D eigenvalue weighted by molar-refractivity contribution is 5.31. The topological polar surface area (TPSA) is 20.2 Å². The molecule has 0 spiro atoms. The predicted octanol–water partition coefficient (Wildman–Crippen LogP) is 2.69. The largest absolute Gasteiger partial charge is 0.505 e. The number of halogens is 5. The third kappa shape index (κ3) is 1.88. The van der Waals surface area contributed by atoms with Gasteiger partial charge in [-0.15, -0.1) is 0 Å². The molecule has 1 nitrogen and oxygen atoms in total. The van der Waals surface area contributed by atoms with Crippen LogP contribution in [0.15, 0.2) is 12.1 Å². The van der Waals surface area contributed by atoms with E-state index in [0.29, 0.717) is 0 Å². The predicted molar refractivity (Wildman–Crippen MR) is 33.0 cm³/mol. The second-order valence-corrected chi connectivity index (χ2v) is 2.29. The lowest BCUT2D eigenvalue weighted by molar-refractivity contribution is -0.137. The van der Waals surface area contributed by atoms with Crippen LogP contribution in [0.5, 0.6) is 5.75 Å². The second-order valence-electron chi connectivity index (χ2n) is 2.29. The Bertz CT molecular complexity index is 307. The van der Waals surface area contributed by atoms with Gasteiger partial charge in [0.25, 0.3) is 0 Å². The van der Waals surface area contributed by atoms with Crippen molar-refractivity contribution in [2.24, 2.45) is 0 Å². The van der Waals surface area contributed by atoms with Crippen molar-refractivity contribution >= 4 is 0 Å². The molecule has 0 heterocycles. The van der Waals surface area contributed by atoms with Gasteiger partial charge in [-0.1, -0.05) is 0 Å². The molecule has 1 rings (SSSR count). The summed E-state index contributed by atoms with van der Waals surface area (Å²) >= 11 is 0. The highest BCUT2D eigenvalue weighted by Gasteiger charge is 2.32. The van der Waals surface area contributed by atoms with Gasteiger partial charge in [0.2, 0.25) is 0 Å².